The van der Waals surface area contributed by atoms with Crippen molar-refractivity contribution >= 4 is 11.9 Å². The number of nitrogens with zero attached hydrogens (tertiary/aromatic N) is 5. The lowest BCUT2D eigenvalue weighted by Gasteiger charge is -2.25. The summed E-state index contributed by atoms with van der Waals surface area (Å²) in [6.45, 7) is 2.92. The Hall–Kier alpha value is -3.49. The number of aromatic nitrogens is 4. The highest BCUT2D eigenvalue weighted by molar-refractivity contribution is 6.04. The second-order valence-corrected chi connectivity index (χ2v) is 6.31. The molecule has 0 bridgehead atoms. The van der Waals surface area contributed by atoms with Gasteiger partial charge in [0.2, 0.25) is 11.8 Å². The summed E-state index contributed by atoms with van der Waals surface area (Å²) in [6.07, 6.45) is 1.63. The number of carbonyl (C=O) groups is 1. The fraction of sp³-hybridized carbons (Fsp3) is 0.263. The molecule has 3 heterocycles. The fourth-order valence-corrected chi connectivity index (χ4v) is 2.95. The average molecular weight is 383 g/mol. The van der Waals surface area contributed by atoms with E-state index >= 15 is 0 Å². The molecule has 0 fully saturated rings. The zero-order valence-corrected chi connectivity index (χ0v) is 15.4. The number of carbonyl (C=O) groups excluding carboxylic acids is 1. The van der Waals surface area contributed by atoms with Gasteiger partial charge in [0.1, 0.15) is 29.6 Å². The number of methoxy groups -OCH3 is 1. The van der Waals surface area contributed by atoms with Crippen molar-refractivity contribution in [3.05, 3.63) is 59.3 Å². The first-order chi connectivity index (χ1) is 13.5. The Morgan fingerprint density at radius 3 is 2.75 bits per heavy atom. The quantitative estimate of drug-likeness (QED) is 0.673. The van der Waals surface area contributed by atoms with E-state index in [-0.39, 0.29) is 18.3 Å². The van der Waals surface area contributed by atoms with Crippen LogP contribution >= 0.6 is 0 Å². The van der Waals surface area contributed by atoms with Gasteiger partial charge in [0.05, 0.1) is 13.7 Å². The highest BCUT2D eigenvalue weighted by atomic mass is 19.1. The van der Waals surface area contributed by atoms with Gasteiger partial charge in [-0.1, -0.05) is 0 Å². The summed E-state index contributed by atoms with van der Waals surface area (Å²) in [6, 6.07) is 7.42. The third kappa shape index (κ3) is 3.38. The van der Waals surface area contributed by atoms with Gasteiger partial charge in [0.15, 0.2) is 0 Å². The van der Waals surface area contributed by atoms with Crippen molar-refractivity contribution in [1.82, 2.24) is 19.7 Å². The monoisotopic (exact) mass is 383 g/mol. The van der Waals surface area contributed by atoms with Crippen molar-refractivity contribution < 1.29 is 18.7 Å². The number of amides is 1. The molecule has 2 aromatic heterocycles. The number of ether oxygens (including phenoxy) is 2. The summed E-state index contributed by atoms with van der Waals surface area (Å²) in [7, 11) is 1.53. The first-order valence-corrected chi connectivity index (χ1v) is 8.70. The Kier molecular flexibility index (Phi) is 4.64. The molecule has 9 heteroatoms. The molecule has 0 radical (unpaired) electrons. The molecule has 0 saturated carbocycles. The molecule has 1 amide bonds. The van der Waals surface area contributed by atoms with Crippen molar-refractivity contribution in [2.24, 2.45) is 0 Å². The number of rotatable bonds is 5. The largest absolute Gasteiger partial charge is 0.487 e. The van der Waals surface area contributed by atoms with Crippen LogP contribution in [-0.4, -0.2) is 39.3 Å². The maximum Gasteiger partial charge on any atom is 0.278 e. The van der Waals surface area contributed by atoms with Crippen LogP contribution < -0.4 is 14.4 Å². The predicted molar refractivity (Wildman–Crippen MR) is 98.0 cm³/mol. The Balaban J connectivity index is 1.51. The standard InChI is InChI=1S/C19H18FN5O3/c1-12-10-21-19(22-17(12)27-2)24-7-8-25-16(18(24)26)9-14(23-25)11-28-15-5-3-13(20)4-6-15/h3-6,9-10H,7-8,11H2,1-2H3. The second kappa shape index (κ2) is 7.26. The Labute approximate surface area is 160 Å². The van der Waals surface area contributed by atoms with Gasteiger partial charge in [-0.05, 0) is 37.3 Å². The van der Waals surface area contributed by atoms with E-state index in [0.29, 0.717) is 42.1 Å². The van der Waals surface area contributed by atoms with E-state index in [1.807, 2.05) is 6.92 Å². The fourth-order valence-electron chi connectivity index (χ4n) is 2.95. The molecule has 0 spiro atoms. The van der Waals surface area contributed by atoms with Crippen LogP contribution in [0.15, 0.2) is 36.5 Å². The van der Waals surface area contributed by atoms with Crippen molar-refractivity contribution in [2.75, 3.05) is 18.6 Å². The molecule has 8 nitrogen and oxygen atoms in total. The van der Waals surface area contributed by atoms with Gasteiger partial charge in [-0.3, -0.25) is 14.4 Å². The lowest BCUT2D eigenvalue weighted by atomic mass is 10.2. The molecule has 1 aromatic carbocycles. The molecule has 0 atom stereocenters. The number of halogens is 1. The first kappa shape index (κ1) is 17.9. The third-order valence-electron chi connectivity index (χ3n) is 4.38. The highest BCUT2D eigenvalue weighted by Crippen LogP contribution is 2.22. The lowest BCUT2D eigenvalue weighted by Crippen LogP contribution is -2.41. The molecular weight excluding hydrogens is 365 g/mol. The Morgan fingerprint density at radius 1 is 1.21 bits per heavy atom. The van der Waals surface area contributed by atoms with Crippen molar-refractivity contribution in [2.45, 2.75) is 20.1 Å². The highest BCUT2D eigenvalue weighted by Gasteiger charge is 2.29. The molecular formula is C19H18FN5O3. The van der Waals surface area contributed by atoms with Gasteiger partial charge in [-0.15, -0.1) is 0 Å². The van der Waals surface area contributed by atoms with Gasteiger partial charge in [0, 0.05) is 18.3 Å². The number of fused-ring (bicyclic) bond motifs is 1. The lowest BCUT2D eigenvalue weighted by molar-refractivity contribution is 0.0960. The maximum atomic E-state index is 13.0. The van der Waals surface area contributed by atoms with E-state index in [9.17, 15) is 9.18 Å². The molecule has 28 heavy (non-hydrogen) atoms. The minimum Gasteiger partial charge on any atom is -0.487 e. The summed E-state index contributed by atoms with van der Waals surface area (Å²) in [5.74, 6) is 0.692. The minimum atomic E-state index is -0.328. The topological polar surface area (TPSA) is 82.4 Å². The number of anilines is 1. The molecule has 3 aromatic rings. The van der Waals surface area contributed by atoms with E-state index in [4.69, 9.17) is 9.47 Å². The van der Waals surface area contributed by atoms with Gasteiger partial charge in [-0.25, -0.2) is 9.37 Å². The van der Waals surface area contributed by atoms with E-state index in [2.05, 4.69) is 15.1 Å². The van der Waals surface area contributed by atoms with Crippen molar-refractivity contribution in [1.29, 1.82) is 0 Å². The molecule has 1 aliphatic rings. The van der Waals surface area contributed by atoms with Crippen molar-refractivity contribution in [3.8, 4) is 11.6 Å². The SMILES string of the molecule is COc1nc(N2CCn3nc(COc4ccc(F)cc4)cc3C2=O)ncc1C. The summed E-state index contributed by atoms with van der Waals surface area (Å²) >= 11 is 0. The van der Waals surface area contributed by atoms with Crippen LogP contribution in [0.25, 0.3) is 0 Å². The molecule has 0 N–H and O–H groups in total. The van der Waals surface area contributed by atoms with Crippen LogP contribution in [0.5, 0.6) is 11.6 Å². The molecule has 0 aliphatic carbocycles. The summed E-state index contributed by atoms with van der Waals surface area (Å²) in [5, 5.41) is 4.41. The third-order valence-corrected chi connectivity index (χ3v) is 4.38. The summed E-state index contributed by atoms with van der Waals surface area (Å²) in [5.41, 5.74) is 1.84. The van der Waals surface area contributed by atoms with Crippen molar-refractivity contribution in [3.63, 3.8) is 0 Å². The zero-order chi connectivity index (χ0) is 19.7. The number of benzene rings is 1. The number of hydrogen-bond acceptors (Lipinski definition) is 6. The van der Waals surface area contributed by atoms with E-state index in [0.717, 1.165) is 5.56 Å². The van der Waals surface area contributed by atoms with Gasteiger partial charge in [0.25, 0.3) is 5.91 Å². The van der Waals surface area contributed by atoms with E-state index in [1.54, 1.807) is 29.1 Å². The second-order valence-electron chi connectivity index (χ2n) is 6.31. The zero-order valence-electron chi connectivity index (χ0n) is 15.4. The summed E-state index contributed by atoms with van der Waals surface area (Å²) < 4.78 is 25.4. The molecule has 0 unspecified atom stereocenters. The van der Waals surface area contributed by atoms with Crippen LogP contribution in [0, 0.1) is 12.7 Å². The Morgan fingerprint density at radius 2 is 2.00 bits per heavy atom. The van der Waals surface area contributed by atoms with E-state index in [1.165, 1.54) is 24.1 Å². The van der Waals surface area contributed by atoms with Gasteiger partial charge >= 0.3 is 0 Å². The maximum absolute atomic E-state index is 13.0. The normalized spacial score (nSPS) is 13.4. The molecule has 144 valence electrons. The molecule has 0 saturated heterocycles. The molecule has 1 aliphatic heterocycles. The van der Waals surface area contributed by atoms with E-state index < -0.39 is 0 Å². The molecule has 4 rings (SSSR count). The first-order valence-electron chi connectivity index (χ1n) is 8.70. The minimum absolute atomic E-state index is 0.174. The Bertz CT molecular complexity index is 1020. The number of aryl methyl sites for hydroxylation is 1. The number of hydrogen-bond donors (Lipinski definition) is 0. The smallest absolute Gasteiger partial charge is 0.278 e. The van der Waals surface area contributed by atoms with Gasteiger partial charge < -0.3 is 9.47 Å². The van der Waals surface area contributed by atoms with Gasteiger partial charge in [-0.2, -0.15) is 10.1 Å². The summed E-state index contributed by atoms with van der Waals surface area (Å²) in [4.78, 5) is 23.0. The van der Waals surface area contributed by atoms with Crippen LogP contribution in [0.4, 0.5) is 10.3 Å². The van der Waals surface area contributed by atoms with Crippen LogP contribution in [0.2, 0.25) is 0 Å². The predicted octanol–water partition coefficient (Wildman–Crippen LogP) is 2.37. The van der Waals surface area contributed by atoms with Crippen LogP contribution in [0.3, 0.4) is 0 Å². The van der Waals surface area contributed by atoms with Crippen LogP contribution in [-0.2, 0) is 13.2 Å². The average Bonchev–Trinajstić information content (AvgIpc) is 3.13. The van der Waals surface area contributed by atoms with Crippen LogP contribution in [0.1, 0.15) is 21.7 Å².